The monoisotopic (exact) mass is 475 g/mol. The molecule has 2 aromatic carbocycles. The van der Waals surface area contributed by atoms with Crippen LogP contribution in [0.1, 0.15) is 44.4 Å². The van der Waals surface area contributed by atoms with Gasteiger partial charge in [-0.25, -0.2) is 0 Å². The van der Waals surface area contributed by atoms with Crippen molar-refractivity contribution in [3.8, 4) is 0 Å². The molecular weight excluding hydrogens is 446 g/mol. The van der Waals surface area contributed by atoms with Gasteiger partial charge in [-0.15, -0.1) is 0 Å². The molecule has 0 atom stereocenters. The van der Waals surface area contributed by atoms with Gasteiger partial charge in [0.1, 0.15) is 6.54 Å². The highest BCUT2D eigenvalue weighted by Gasteiger charge is 2.36. The average Bonchev–Trinajstić information content (AvgIpc) is 3.01. The number of allylic oxidation sites excluding steroid dienone is 1. The second-order valence-corrected chi connectivity index (χ2v) is 10.2. The van der Waals surface area contributed by atoms with Crippen molar-refractivity contribution in [2.75, 3.05) is 23.3 Å². The summed E-state index contributed by atoms with van der Waals surface area (Å²) in [6.07, 6.45) is 3.98. The number of rotatable bonds is 5. The Morgan fingerprint density at radius 1 is 1.12 bits per heavy atom. The van der Waals surface area contributed by atoms with Crippen molar-refractivity contribution in [2.24, 2.45) is 0 Å². The van der Waals surface area contributed by atoms with Crippen molar-refractivity contribution < 1.29 is 14.4 Å². The van der Waals surface area contributed by atoms with Crippen LogP contribution < -0.4 is 10.2 Å². The molecule has 1 fully saturated rings. The fourth-order valence-corrected chi connectivity index (χ4v) is 5.46. The molecule has 0 radical (unpaired) electrons. The Morgan fingerprint density at radius 3 is 2.59 bits per heavy atom. The highest BCUT2D eigenvalue weighted by molar-refractivity contribution is 8.18. The normalized spacial score (nSPS) is 18.3. The van der Waals surface area contributed by atoms with Crippen LogP contribution in [0.4, 0.5) is 16.2 Å². The molecule has 3 amide bonds. The van der Waals surface area contributed by atoms with E-state index in [1.54, 1.807) is 12.1 Å². The first kappa shape index (κ1) is 23.8. The van der Waals surface area contributed by atoms with E-state index < -0.39 is 17.1 Å². The Hall–Kier alpha value is -3.32. The van der Waals surface area contributed by atoms with Crippen molar-refractivity contribution in [3.05, 3.63) is 70.1 Å². The Labute approximate surface area is 204 Å². The van der Waals surface area contributed by atoms with E-state index in [1.165, 1.54) is 5.57 Å². The van der Waals surface area contributed by atoms with Gasteiger partial charge in [0.2, 0.25) is 5.91 Å². The molecule has 0 bridgehead atoms. The van der Waals surface area contributed by atoms with E-state index in [1.807, 2.05) is 31.2 Å². The summed E-state index contributed by atoms with van der Waals surface area (Å²) in [7, 11) is 0. The van der Waals surface area contributed by atoms with E-state index in [9.17, 15) is 14.4 Å². The molecule has 2 aromatic rings. The number of amides is 3. The number of imide groups is 1. The van der Waals surface area contributed by atoms with Crippen LogP contribution in [0.15, 0.2) is 53.4 Å². The zero-order valence-corrected chi connectivity index (χ0v) is 21.0. The minimum Gasteiger partial charge on any atom is -0.363 e. The number of benzene rings is 2. The number of nitrogens with one attached hydrogen (secondary N) is 1. The molecule has 0 aromatic heterocycles. The van der Waals surface area contributed by atoms with Crippen molar-refractivity contribution >= 4 is 51.8 Å². The van der Waals surface area contributed by atoms with E-state index in [-0.39, 0.29) is 12.1 Å². The molecular formula is C27H29N3O3S. The molecule has 4 rings (SSSR count). The van der Waals surface area contributed by atoms with Crippen LogP contribution in [0.2, 0.25) is 0 Å². The molecule has 2 aliphatic rings. The minimum absolute atomic E-state index is 0.0744. The highest BCUT2D eigenvalue weighted by atomic mass is 32.2. The summed E-state index contributed by atoms with van der Waals surface area (Å²) in [5.74, 6) is -0.860. The molecule has 0 unspecified atom stereocenters. The van der Waals surface area contributed by atoms with Gasteiger partial charge < -0.3 is 10.2 Å². The maximum absolute atomic E-state index is 12.9. The van der Waals surface area contributed by atoms with Crippen molar-refractivity contribution in [3.63, 3.8) is 0 Å². The van der Waals surface area contributed by atoms with Gasteiger partial charge in [0.25, 0.3) is 11.1 Å². The van der Waals surface area contributed by atoms with Gasteiger partial charge in [0.05, 0.1) is 10.4 Å². The van der Waals surface area contributed by atoms with Crippen LogP contribution in [0.5, 0.6) is 0 Å². The summed E-state index contributed by atoms with van der Waals surface area (Å²) in [4.78, 5) is 41.5. The number of anilines is 2. The molecule has 1 saturated heterocycles. The molecule has 2 heterocycles. The molecule has 1 N–H and O–H groups in total. The number of fused-ring (bicyclic) bond motifs is 1. The van der Waals surface area contributed by atoms with Crippen LogP contribution >= 0.6 is 11.8 Å². The third-order valence-electron chi connectivity index (χ3n) is 6.09. The van der Waals surface area contributed by atoms with Gasteiger partial charge >= 0.3 is 0 Å². The number of likely N-dealkylation sites (N-methyl/N-ethyl adjacent to an activating group) is 1. The van der Waals surface area contributed by atoms with Crippen LogP contribution in [-0.4, -0.2) is 40.6 Å². The van der Waals surface area contributed by atoms with Gasteiger partial charge in [-0.05, 0) is 93.4 Å². The predicted molar refractivity (Wildman–Crippen MR) is 140 cm³/mol. The molecule has 0 aliphatic carbocycles. The summed E-state index contributed by atoms with van der Waals surface area (Å²) < 4.78 is 0. The predicted octanol–water partition coefficient (Wildman–Crippen LogP) is 5.69. The lowest BCUT2D eigenvalue weighted by Gasteiger charge is -2.42. The number of nitrogens with zero attached hydrogens (tertiary/aromatic N) is 2. The van der Waals surface area contributed by atoms with Crippen LogP contribution in [0, 0.1) is 6.92 Å². The second kappa shape index (κ2) is 9.14. The van der Waals surface area contributed by atoms with Crippen LogP contribution in [-0.2, 0) is 9.59 Å². The number of hydrogen-bond acceptors (Lipinski definition) is 5. The van der Waals surface area contributed by atoms with E-state index >= 15 is 0 Å². The van der Waals surface area contributed by atoms with Crippen molar-refractivity contribution in [1.82, 2.24) is 4.90 Å². The van der Waals surface area contributed by atoms with Crippen LogP contribution in [0.25, 0.3) is 11.6 Å². The Bertz CT molecular complexity index is 1250. The van der Waals surface area contributed by atoms with E-state index in [2.05, 4.69) is 56.1 Å². The molecule has 176 valence electrons. The first-order valence-electron chi connectivity index (χ1n) is 11.3. The topological polar surface area (TPSA) is 69.7 Å². The second-order valence-electron chi connectivity index (χ2n) is 9.19. The number of carbonyl (C=O) groups is 3. The summed E-state index contributed by atoms with van der Waals surface area (Å²) in [6, 6.07) is 13.5. The van der Waals surface area contributed by atoms with E-state index in [0.29, 0.717) is 10.6 Å². The van der Waals surface area contributed by atoms with Crippen molar-refractivity contribution in [1.29, 1.82) is 0 Å². The molecule has 2 aliphatic heterocycles. The third-order valence-corrected chi connectivity index (χ3v) is 7.00. The highest BCUT2D eigenvalue weighted by Crippen LogP contribution is 2.40. The number of aryl methyl sites for hydroxylation is 1. The van der Waals surface area contributed by atoms with Gasteiger partial charge in [0, 0.05) is 23.5 Å². The van der Waals surface area contributed by atoms with E-state index in [4.69, 9.17) is 0 Å². The first-order valence-corrected chi connectivity index (χ1v) is 12.1. The number of hydrogen-bond donors (Lipinski definition) is 1. The standard InChI is InChI=1S/C27H29N3O3S/c1-6-30-22-11-10-19(13-21(22)18(3)15-27(30,4)5)14-23-25(32)29(26(33)34-23)16-24(31)28-20-9-7-8-17(2)12-20/h7-15H,6,16H2,1-5H3,(H,28,31)/b23-14+. The Kier molecular flexibility index (Phi) is 6.41. The fourth-order valence-electron chi connectivity index (χ4n) is 4.62. The van der Waals surface area contributed by atoms with Crippen LogP contribution in [0.3, 0.4) is 0 Å². The van der Waals surface area contributed by atoms with Crippen molar-refractivity contribution in [2.45, 2.75) is 40.2 Å². The fraction of sp³-hybridized carbons (Fsp3) is 0.296. The molecule has 6 nitrogen and oxygen atoms in total. The largest absolute Gasteiger partial charge is 0.363 e. The third kappa shape index (κ3) is 4.66. The first-order chi connectivity index (χ1) is 16.1. The lowest BCUT2D eigenvalue weighted by atomic mass is 9.88. The molecule has 0 spiro atoms. The lowest BCUT2D eigenvalue weighted by molar-refractivity contribution is -0.127. The van der Waals surface area contributed by atoms with Gasteiger partial charge in [-0.3, -0.25) is 19.3 Å². The summed E-state index contributed by atoms with van der Waals surface area (Å²) in [5.41, 5.74) is 5.87. The zero-order valence-electron chi connectivity index (χ0n) is 20.1. The maximum atomic E-state index is 12.9. The van der Waals surface area contributed by atoms with Gasteiger partial charge in [-0.2, -0.15) is 0 Å². The minimum atomic E-state index is -0.448. The average molecular weight is 476 g/mol. The quantitative estimate of drug-likeness (QED) is 0.563. The van der Waals surface area contributed by atoms with Gasteiger partial charge in [0.15, 0.2) is 0 Å². The lowest BCUT2D eigenvalue weighted by Crippen LogP contribution is -2.44. The van der Waals surface area contributed by atoms with Gasteiger partial charge in [-0.1, -0.05) is 24.3 Å². The molecule has 7 heteroatoms. The number of thioether (sulfide) groups is 1. The smallest absolute Gasteiger partial charge is 0.294 e. The molecule has 0 saturated carbocycles. The Balaban J connectivity index is 1.52. The maximum Gasteiger partial charge on any atom is 0.294 e. The zero-order chi connectivity index (χ0) is 24.6. The number of carbonyl (C=O) groups excluding carboxylic acids is 3. The Morgan fingerprint density at radius 2 is 1.88 bits per heavy atom. The summed E-state index contributed by atoms with van der Waals surface area (Å²) in [6.45, 7) is 11.1. The SMILES string of the molecule is CCN1c2ccc(/C=C3/SC(=O)N(CC(=O)Nc4cccc(C)c4)C3=O)cc2C(C)=CC1(C)C. The molecule has 34 heavy (non-hydrogen) atoms. The summed E-state index contributed by atoms with van der Waals surface area (Å²) in [5, 5.41) is 2.30. The summed E-state index contributed by atoms with van der Waals surface area (Å²) >= 11 is 0.864. The van der Waals surface area contributed by atoms with E-state index in [0.717, 1.165) is 45.6 Å².